The zero-order chi connectivity index (χ0) is 17.6. The molecule has 1 heterocycles. The molecule has 5 heteroatoms. The maximum atomic E-state index is 12.0. The van der Waals surface area contributed by atoms with E-state index in [0.717, 1.165) is 28.6 Å². The lowest BCUT2D eigenvalue weighted by Crippen LogP contribution is -2.19. The number of hydrogen-bond donors (Lipinski definition) is 1. The monoisotopic (exact) mass is 351 g/mol. The van der Waals surface area contributed by atoms with Gasteiger partial charge in [-0.05, 0) is 23.8 Å². The lowest BCUT2D eigenvalue weighted by Gasteiger charge is -2.00. The molecule has 0 fully saturated rings. The van der Waals surface area contributed by atoms with Crippen molar-refractivity contribution in [3.05, 3.63) is 83.5 Å². The SMILES string of the molecule is C=CCn1cc(/C=N\NC(=O)Cc2ccc(Cl)cc2)c2ccccc21. The van der Waals surface area contributed by atoms with Crippen LogP contribution in [0.25, 0.3) is 10.9 Å². The highest BCUT2D eigenvalue weighted by molar-refractivity contribution is 6.30. The summed E-state index contributed by atoms with van der Waals surface area (Å²) in [6.07, 6.45) is 5.77. The molecule has 0 aliphatic carbocycles. The molecule has 1 aromatic heterocycles. The highest BCUT2D eigenvalue weighted by Gasteiger charge is 2.06. The highest BCUT2D eigenvalue weighted by Crippen LogP contribution is 2.20. The van der Waals surface area contributed by atoms with Gasteiger partial charge in [0.2, 0.25) is 5.91 Å². The standard InChI is InChI=1S/C20H18ClN3O/c1-2-11-24-14-16(18-5-3-4-6-19(18)24)13-22-23-20(25)12-15-7-9-17(21)10-8-15/h2-10,13-14H,1,11-12H2,(H,23,25)/b22-13-. The average Bonchev–Trinajstić information content (AvgIpc) is 2.96. The summed E-state index contributed by atoms with van der Waals surface area (Å²) in [5.41, 5.74) is 5.51. The van der Waals surface area contributed by atoms with Crippen LogP contribution in [-0.4, -0.2) is 16.7 Å². The number of aromatic nitrogens is 1. The van der Waals surface area contributed by atoms with E-state index in [1.807, 2.05) is 42.6 Å². The third-order valence-corrected chi connectivity index (χ3v) is 4.07. The van der Waals surface area contributed by atoms with Gasteiger partial charge in [-0.2, -0.15) is 5.10 Å². The van der Waals surface area contributed by atoms with Crippen LogP contribution in [0.1, 0.15) is 11.1 Å². The summed E-state index contributed by atoms with van der Waals surface area (Å²) in [6, 6.07) is 15.3. The van der Waals surface area contributed by atoms with E-state index in [4.69, 9.17) is 11.6 Å². The van der Waals surface area contributed by atoms with E-state index in [-0.39, 0.29) is 12.3 Å². The largest absolute Gasteiger partial charge is 0.343 e. The normalized spacial score (nSPS) is 11.1. The number of fused-ring (bicyclic) bond motifs is 1. The zero-order valence-electron chi connectivity index (χ0n) is 13.7. The third kappa shape index (κ3) is 4.17. The molecule has 25 heavy (non-hydrogen) atoms. The van der Waals surface area contributed by atoms with Crippen LogP contribution in [0.15, 0.2) is 72.5 Å². The Kier molecular flexibility index (Phi) is 5.31. The summed E-state index contributed by atoms with van der Waals surface area (Å²) >= 11 is 5.84. The number of hydrazone groups is 1. The van der Waals surface area contributed by atoms with Crippen molar-refractivity contribution in [2.45, 2.75) is 13.0 Å². The topological polar surface area (TPSA) is 46.4 Å². The number of halogens is 1. The number of allylic oxidation sites excluding steroid dienone is 1. The maximum absolute atomic E-state index is 12.0. The minimum absolute atomic E-state index is 0.173. The molecule has 0 aliphatic rings. The van der Waals surface area contributed by atoms with Gasteiger partial charge >= 0.3 is 0 Å². The van der Waals surface area contributed by atoms with Crippen LogP contribution in [0.4, 0.5) is 0 Å². The molecule has 4 nitrogen and oxygen atoms in total. The second-order valence-corrected chi connectivity index (χ2v) is 6.08. The molecule has 0 unspecified atom stereocenters. The molecular formula is C20H18ClN3O. The van der Waals surface area contributed by atoms with E-state index in [9.17, 15) is 4.79 Å². The summed E-state index contributed by atoms with van der Waals surface area (Å²) in [7, 11) is 0. The molecule has 0 aliphatic heterocycles. The summed E-state index contributed by atoms with van der Waals surface area (Å²) in [4.78, 5) is 12.0. The number of hydrogen-bond acceptors (Lipinski definition) is 2. The Balaban J connectivity index is 1.69. The van der Waals surface area contributed by atoms with Gasteiger partial charge in [0, 0.05) is 34.2 Å². The molecule has 0 bridgehead atoms. The second-order valence-electron chi connectivity index (χ2n) is 5.64. The lowest BCUT2D eigenvalue weighted by atomic mass is 10.1. The van der Waals surface area contributed by atoms with Gasteiger partial charge in [-0.3, -0.25) is 4.79 Å². The number of carbonyl (C=O) groups is 1. The Morgan fingerprint density at radius 1 is 1.20 bits per heavy atom. The molecule has 2 aromatic carbocycles. The van der Waals surface area contributed by atoms with Gasteiger partial charge in [-0.1, -0.05) is 48.0 Å². The van der Waals surface area contributed by atoms with Crippen molar-refractivity contribution in [1.82, 2.24) is 9.99 Å². The molecule has 0 saturated carbocycles. The first-order valence-corrected chi connectivity index (χ1v) is 8.30. The van der Waals surface area contributed by atoms with Crippen molar-refractivity contribution < 1.29 is 4.79 Å². The Hall–Kier alpha value is -2.85. The second kappa shape index (κ2) is 7.81. The van der Waals surface area contributed by atoms with Gasteiger partial charge in [-0.25, -0.2) is 5.43 Å². The smallest absolute Gasteiger partial charge is 0.244 e. The fourth-order valence-electron chi connectivity index (χ4n) is 2.67. The Bertz CT molecular complexity index is 926. The number of carbonyl (C=O) groups excluding carboxylic acids is 1. The van der Waals surface area contributed by atoms with Gasteiger partial charge in [0.25, 0.3) is 0 Å². The van der Waals surface area contributed by atoms with Crippen LogP contribution in [0.3, 0.4) is 0 Å². The molecule has 0 spiro atoms. The predicted molar refractivity (Wildman–Crippen MR) is 103 cm³/mol. The van der Waals surface area contributed by atoms with E-state index in [0.29, 0.717) is 5.02 Å². The fraction of sp³-hybridized carbons (Fsp3) is 0.100. The number of nitrogens with one attached hydrogen (secondary N) is 1. The Morgan fingerprint density at radius 3 is 2.72 bits per heavy atom. The average molecular weight is 352 g/mol. The summed E-state index contributed by atoms with van der Waals surface area (Å²) < 4.78 is 2.10. The quantitative estimate of drug-likeness (QED) is 0.404. The van der Waals surface area contributed by atoms with E-state index < -0.39 is 0 Å². The fourth-order valence-corrected chi connectivity index (χ4v) is 2.80. The number of nitrogens with zero attached hydrogens (tertiary/aromatic N) is 2. The first kappa shape index (κ1) is 17.0. The van der Waals surface area contributed by atoms with Crippen molar-refractivity contribution in [3.8, 4) is 0 Å². The van der Waals surface area contributed by atoms with E-state index in [2.05, 4.69) is 27.7 Å². The molecule has 0 saturated heterocycles. The number of rotatable bonds is 6. The molecule has 1 amide bonds. The molecule has 0 atom stereocenters. The van der Waals surface area contributed by atoms with Crippen LogP contribution in [0.2, 0.25) is 5.02 Å². The van der Waals surface area contributed by atoms with Crippen molar-refractivity contribution in [1.29, 1.82) is 0 Å². The van der Waals surface area contributed by atoms with E-state index >= 15 is 0 Å². The van der Waals surface area contributed by atoms with Crippen LogP contribution in [0.5, 0.6) is 0 Å². The van der Waals surface area contributed by atoms with Crippen LogP contribution >= 0.6 is 11.6 Å². The van der Waals surface area contributed by atoms with Crippen molar-refractivity contribution >= 4 is 34.6 Å². The van der Waals surface area contributed by atoms with Crippen molar-refractivity contribution in [2.75, 3.05) is 0 Å². The van der Waals surface area contributed by atoms with Crippen LogP contribution in [0, 0.1) is 0 Å². The summed E-state index contributed by atoms with van der Waals surface area (Å²) in [6.45, 7) is 4.50. The third-order valence-electron chi connectivity index (χ3n) is 3.82. The minimum atomic E-state index is -0.173. The molecule has 3 aromatic rings. The van der Waals surface area contributed by atoms with Crippen molar-refractivity contribution in [2.24, 2.45) is 5.10 Å². The Morgan fingerprint density at radius 2 is 1.96 bits per heavy atom. The van der Waals surface area contributed by atoms with Gasteiger partial charge < -0.3 is 4.57 Å². The first-order valence-electron chi connectivity index (χ1n) is 7.92. The number of amides is 1. The molecule has 3 rings (SSSR count). The first-order chi connectivity index (χ1) is 12.2. The van der Waals surface area contributed by atoms with Crippen molar-refractivity contribution in [3.63, 3.8) is 0 Å². The lowest BCUT2D eigenvalue weighted by molar-refractivity contribution is -0.120. The molecule has 0 radical (unpaired) electrons. The summed E-state index contributed by atoms with van der Waals surface area (Å²) in [5, 5.41) is 5.82. The molecular weight excluding hydrogens is 334 g/mol. The van der Waals surface area contributed by atoms with E-state index in [1.165, 1.54) is 0 Å². The zero-order valence-corrected chi connectivity index (χ0v) is 14.4. The number of benzene rings is 2. The van der Waals surface area contributed by atoms with Gasteiger partial charge in [0.15, 0.2) is 0 Å². The molecule has 1 N–H and O–H groups in total. The van der Waals surface area contributed by atoms with Crippen LogP contribution in [-0.2, 0) is 17.8 Å². The van der Waals surface area contributed by atoms with Gasteiger partial charge in [0.05, 0.1) is 12.6 Å². The Labute approximate surface area is 151 Å². The summed E-state index contributed by atoms with van der Waals surface area (Å²) in [5.74, 6) is -0.173. The number of para-hydroxylation sites is 1. The van der Waals surface area contributed by atoms with Crippen LogP contribution < -0.4 is 5.43 Å². The minimum Gasteiger partial charge on any atom is -0.343 e. The highest BCUT2D eigenvalue weighted by atomic mass is 35.5. The molecule has 126 valence electrons. The van der Waals surface area contributed by atoms with E-state index in [1.54, 1.807) is 18.3 Å². The maximum Gasteiger partial charge on any atom is 0.244 e. The van der Waals surface area contributed by atoms with Gasteiger partial charge in [-0.15, -0.1) is 6.58 Å². The predicted octanol–water partition coefficient (Wildman–Crippen LogP) is 4.17. The van der Waals surface area contributed by atoms with Gasteiger partial charge in [0.1, 0.15) is 0 Å².